The lowest BCUT2D eigenvalue weighted by molar-refractivity contribution is -0.116. The van der Waals surface area contributed by atoms with Crippen molar-refractivity contribution in [1.82, 2.24) is 14.5 Å². The number of methoxy groups -OCH3 is 1. The first-order chi connectivity index (χ1) is 16.7. The minimum absolute atomic E-state index is 0.0113. The fourth-order valence-corrected chi connectivity index (χ4v) is 6.97. The third kappa shape index (κ3) is 4.70. The molecule has 1 amide bonds. The second-order valence-electron chi connectivity index (χ2n) is 7.90. The summed E-state index contributed by atoms with van der Waals surface area (Å²) in [5.41, 5.74) is 1.15. The number of aromatic nitrogens is 3. The summed E-state index contributed by atoms with van der Waals surface area (Å²) in [7, 11) is 1.65. The Bertz CT molecular complexity index is 1330. The zero-order chi connectivity index (χ0) is 23.5. The van der Waals surface area contributed by atoms with Crippen molar-refractivity contribution >= 4 is 55.7 Å². The average Bonchev–Trinajstić information content (AvgIpc) is 3.63. The van der Waals surface area contributed by atoms with Gasteiger partial charge in [-0.1, -0.05) is 11.8 Å². The molecule has 5 rings (SSSR count). The second-order valence-corrected chi connectivity index (χ2v) is 10.8. The molecule has 0 saturated carbocycles. The highest BCUT2D eigenvalue weighted by atomic mass is 32.2. The number of thiophene rings is 1. The molecule has 0 radical (unpaired) electrons. The summed E-state index contributed by atoms with van der Waals surface area (Å²) in [5, 5.41) is 3.77. The third-order valence-corrected chi connectivity index (χ3v) is 8.63. The monoisotopic (exact) mass is 516 g/mol. The topological polar surface area (TPSA) is 90.5 Å². The summed E-state index contributed by atoms with van der Waals surface area (Å²) in [6, 6.07) is 3.63. The Morgan fingerprint density at radius 3 is 3.06 bits per heavy atom. The lowest BCUT2D eigenvalue weighted by atomic mass is 10.2. The van der Waals surface area contributed by atoms with Crippen LogP contribution in [-0.2, 0) is 35.5 Å². The van der Waals surface area contributed by atoms with Crippen molar-refractivity contribution in [3.8, 4) is 0 Å². The molecule has 4 aromatic heterocycles. The molecule has 1 aliphatic carbocycles. The lowest BCUT2D eigenvalue weighted by Crippen LogP contribution is -2.32. The van der Waals surface area contributed by atoms with E-state index in [4.69, 9.17) is 14.1 Å². The van der Waals surface area contributed by atoms with Crippen LogP contribution < -0.4 is 10.5 Å². The Balaban J connectivity index is 1.42. The molecule has 178 valence electrons. The van der Waals surface area contributed by atoms with Gasteiger partial charge in [0.1, 0.15) is 10.6 Å². The maximum absolute atomic E-state index is 13.5. The number of thioether (sulfide) groups is 1. The van der Waals surface area contributed by atoms with Crippen LogP contribution in [0.5, 0.6) is 0 Å². The van der Waals surface area contributed by atoms with E-state index in [-0.39, 0.29) is 17.2 Å². The van der Waals surface area contributed by atoms with Crippen molar-refractivity contribution < 1.29 is 13.9 Å². The van der Waals surface area contributed by atoms with E-state index >= 15 is 0 Å². The molecule has 4 heterocycles. The summed E-state index contributed by atoms with van der Waals surface area (Å²) in [6.07, 6.45) is 6.99. The number of amides is 1. The van der Waals surface area contributed by atoms with Crippen LogP contribution >= 0.6 is 34.4 Å². The number of anilines is 1. The molecule has 11 heteroatoms. The minimum atomic E-state index is -0.122. The van der Waals surface area contributed by atoms with E-state index < -0.39 is 0 Å². The van der Waals surface area contributed by atoms with Crippen LogP contribution in [0.4, 0.5) is 5.13 Å². The smallest absolute Gasteiger partial charge is 0.263 e. The van der Waals surface area contributed by atoms with Crippen LogP contribution in [0.2, 0.25) is 0 Å². The van der Waals surface area contributed by atoms with Crippen molar-refractivity contribution in [3.63, 3.8) is 0 Å². The van der Waals surface area contributed by atoms with Gasteiger partial charge in [0.25, 0.3) is 5.56 Å². The van der Waals surface area contributed by atoms with E-state index in [1.165, 1.54) is 33.5 Å². The Morgan fingerprint density at radius 1 is 1.38 bits per heavy atom. The highest BCUT2D eigenvalue weighted by Crippen LogP contribution is 2.35. The van der Waals surface area contributed by atoms with Crippen LogP contribution in [0.25, 0.3) is 10.2 Å². The number of nitrogens with zero attached hydrogens (tertiary/aromatic N) is 4. The number of aryl methyl sites for hydroxylation is 2. The number of furan rings is 1. The number of thiazole rings is 1. The molecule has 0 saturated heterocycles. The van der Waals surface area contributed by atoms with E-state index in [0.717, 1.165) is 29.5 Å². The summed E-state index contributed by atoms with van der Waals surface area (Å²) < 4.78 is 12.4. The highest BCUT2D eigenvalue weighted by Gasteiger charge is 2.25. The van der Waals surface area contributed by atoms with E-state index in [0.29, 0.717) is 42.2 Å². The van der Waals surface area contributed by atoms with Gasteiger partial charge >= 0.3 is 0 Å². The number of carbonyl (C=O) groups excluding carboxylic acids is 1. The Kier molecular flexibility index (Phi) is 7.14. The quantitative estimate of drug-likeness (QED) is 0.176. The zero-order valence-electron chi connectivity index (χ0n) is 18.7. The number of ether oxygens (including phenoxy) is 1. The van der Waals surface area contributed by atoms with Gasteiger partial charge in [-0.25, -0.2) is 9.97 Å². The molecule has 8 nitrogen and oxygen atoms in total. The van der Waals surface area contributed by atoms with E-state index in [9.17, 15) is 9.59 Å². The molecule has 0 spiro atoms. The molecule has 0 aromatic carbocycles. The summed E-state index contributed by atoms with van der Waals surface area (Å²) in [5.74, 6) is 0.689. The SMILES string of the molecule is COCCCn1c(SCC(=O)N(Cc2ccco2)c2nccs2)nc2sc3c(c2c1=O)CCC3. The Labute approximate surface area is 208 Å². The van der Waals surface area contributed by atoms with Crippen molar-refractivity contribution in [2.75, 3.05) is 24.4 Å². The molecule has 1 aliphatic rings. The molecule has 0 unspecified atom stereocenters. The van der Waals surface area contributed by atoms with Crippen LogP contribution in [0.3, 0.4) is 0 Å². The van der Waals surface area contributed by atoms with Crippen LogP contribution in [0, 0.1) is 0 Å². The molecule has 0 aliphatic heterocycles. The maximum Gasteiger partial charge on any atom is 0.263 e. The van der Waals surface area contributed by atoms with Crippen molar-refractivity contribution in [1.29, 1.82) is 0 Å². The van der Waals surface area contributed by atoms with Gasteiger partial charge in [-0.3, -0.25) is 19.1 Å². The molecular formula is C23H24N4O4S3. The Morgan fingerprint density at radius 2 is 2.29 bits per heavy atom. The predicted molar refractivity (Wildman–Crippen MR) is 135 cm³/mol. The zero-order valence-corrected chi connectivity index (χ0v) is 21.1. The summed E-state index contributed by atoms with van der Waals surface area (Å²) >= 11 is 4.31. The van der Waals surface area contributed by atoms with Gasteiger partial charge in [0, 0.05) is 36.7 Å². The van der Waals surface area contributed by atoms with Crippen LogP contribution in [-0.4, -0.2) is 39.9 Å². The summed E-state index contributed by atoms with van der Waals surface area (Å²) in [6.45, 7) is 1.35. The standard InChI is InChI=1S/C23H24N4O4S3/c1-30-10-4-9-26-21(29)19-16-6-2-7-17(16)34-20(19)25-23(26)33-14-18(28)27(22-24-8-12-32-22)13-15-5-3-11-31-15/h3,5,8,11-12H,2,4,6-7,9-10,13-14H2,1H3. The molecule has 0 fully saturated rings. The molecule has 0 bridgehead atoms. The van der Waals surface area contributed by atoms with Crippen LogP contribution in [0.1, 0.15) is 29.0 Å². The van der Waals surface area contributed by atoms with Crippen molar-refractivity contribution in [2.45, 2.75) is 43.9 Å². The van der Waals surface area contributed by atoms with Crippen molar-refractivity contribution in [3.05, 3.63) is 56.5 Å². The number of hydrogen-bond donors (Lipinski definition) is 0. The summed E-state index contributed by atoms with van der Waals surface area (Å²) in [4.78, 5) is 39.6. The highest BCUT2D eigenvalue weighted by molar-refractivity contribution is 7.99. The van der Waals surface area contributed by atoms with Gasteiger partial charge in [-0.05, 0) is 43.4 Å². The van der Waals surface area contributed by atoms with Gasteiger partial charge in [-0.2, -0.15) is 0 Å². The first-order valence-electron chi connectivity index (χ1n) is 11.0. The van der Waals surface area contributed by atoms with E-state index in [1.807, 2.05) is 11.4 Å². The third-order valence-electron chi connectivity index (χ3n) is 5.69. The largest absolute Gasteiger partial charge is 0.467 e. The minimum Gasteiger partial charge on any atom is -0.467 e. The van der Waals surface area contributed by atoms with Gasteiger partial charge < -0.3 is 9.15 Å². The molecule has 4 aromatic rings. The predicted octanol–water partition coefficient (Wildman–Crippen LogP) is 4.36. The van der Waals surface area contributed by atoms with Gasteiger partial charge in [0.05, 0.1) is 23.9 Å². The molecular weight excluding hydrogens is 492 g/mol. The van der Waals surface area contributed by atoms with Crippen molar-refractivity contribution in [2.24, 2.45) is 0 Å². The molecule has 34 heavy (non-hydrogen) atoms. The lowest BCUT2D eigenvalue weighted by Gasteiger charge is -2.19. The molecule has 0 atom stereocenters. The number of hydrogen-bond acceptors (Lipinski definition) is 9. The van der Waals surface area contributed by atoms with E-state index in [1.54, 1.807) is 46.4 Å². The normalized spacial score (nSPS) is 13.0. The molecule has 0 N–H and O–H groups in total. The number of carbonyl (C=O) groups is 1. The maximum atomic E-state index is 13.5. The fraction of sp³-hybridized carbons (Fsp3) is 0.391. The van der Waals surface area contributed by atoms with Gasteiger partial charge in [0.2, 0.25) is 5.91 Å². The fourth-order valence-electron chi connectivity index (χ4n) is 4.11. The van der Waals surface area contributed by atoms with Gasteiger partial charge in [-0.15, -0.1) is 22.7 Å². The first kappa shape index (κ1) is 23.3. The number of rotatable bonds is 10. The average molecular weight is 517 g/mol. The van der Waals surface area contributed by atoms with Gasteiger partial charge in [0.15, 0.2) is 10.3 Å². The van der Waals surface area contributed by atoms with Crippen LogP contribution in [0.15, 0.2) is 44.3 Å². The Hall–Kier alpha value is -2.47. The second kappa shape index (κ2) is 10.4. The van der Waals surface area contributed by atoms with E-state index in [2.05, 4.69) is 4.98 Å². The first-order valence-corrected chi connectivity index (χ1v) is 13.7. The number of fused-ring (bicyclic) bond motifs is 3.